The molecule has 9 nitrogen and oxygen atoms in total. The van der Waals surface area contributed by atoms with Crippen LogP contribution < -0.4 is 10.6 Å². The van der Waals surface area contributed by atoms with Crippen molar-refractivity contribution < 1.29 is 27.9 Å². The van der Waals surface area contributed by atoms with Crippen LogP contribution in [0.3, 0.4) is 0 Å². The zero-order chi connectivity index (χ0) is 23.6. The highest BCUT2D eigenvalue weighted by Gasteiger charge is 2.22. The Labute approximate surface area is 185 Å². The van der Waals surface area contributed by atoms with Crippen molar-refractivity contribution in [3.63, 3.8) is 0 Å². The van der Waals surface area contributed by atoms with E-state index in [1.165, 1.54) is 32.3 Å². The van der Waals surface area contributed by atoms with E-state index in [4.69, 9.17) is 9.84 Å². The molecule has 1 atom stereocenters. The van der Waals surface area contributed by atoms with Gasteiger partial charge in [-0.05, 0) is 37.5 Å². The lowest BCUT2D eigenvalue weighted by Crippen LogP contribution is -2.36. The van der Waals surface area contributed by atoms with Crippen LogP contribution in [0.25, 0.3) is 0 Å². The standard InChI is InChI=1S/C21H35N3O6S/c1-15(2)7-6-8-16(3)23-20(26)14-30-21(27)18-13-17(31(28,29)24(4)5)9-10-19(18)22-11-12-25/h9-10,13,15-16,22,25H,6-8,11-12,14H2,1-5H3,(H,23,26). The second kappa shape index (κ2) is 12.6. The van der Waals surface area contributed by atoms with Gasteiger partial charge in [-0.25, -0.2) is 17.5 Å². The lowest BCUT2D eigenvalue weighted by atomic mass is 10.0. The van der Waals surface area contributed by atoms with Gasteiger partial charge in [0.2, 0.25) is 10.0 Å². The lowest BCUT2D eigenvalue weighted by Gasteiger charge is -2.16. The quantitative estimate of drug-likeness (QED) is 0.386. The zero-order valence-electron chi connectivity index (χ0n) is 19.0. The van der Waals surface area contributed by atoms with Crippen molar-refractivity contribution in [3.8, 4) is 0 Å². The topological polar surface area (TPSA) is 125 Å². The van der Waals surface area contributed by atoms with Gasteiger partial charge in [-0.15, -0.1) is 0 Å². The third kappa shape index (κ3) is 8.84. The number of ether oxygens (including phenoxy) is 1. The Kier molecular flexibility index (Phi) is 10.9. The molecule has 0 aliphatic rings. The van der Waals surface area contributed by atoms with Crippen LogP contribution in [-0.2, 0) is 19.6 Å². The van der Waals surface area contributed by atoms with E-state index < -0.39 is 28.5 Å². The number of nitrogens with one attached hydrogen (secondary N) is 2. The number of anilines is 1. The van der Waals surface area contributed by atoms with Crippen LogP contribution in [0.5, 0.6) is 0 Å². The first-order valence-electron chi connectivity index (χ1n) is 10.4. The number of carbonyl (C=O) groups is 2. The van der Waals surface area contributed by atoms with Gasteiger partial charge in [0.15, 0.2) is 6.61 Å². The number of rotatable bonds is 13. The zero-order valence-corrected chi connectivity index (χ0v) is 19.8. The number of nitrogens with zero attached hydrogens (tertiary/aromatic N) is 1. The number of aliphatic hydroxyl groups is 1. The molecule has 176 valence electrons. The molecule has 3 N–H and O–H groups in total. The Bertz CT molecular complexity index is 840. The molecular weight excluding hydrogens is 422 g/mol. The van der Waals surface area contributed by atoms with E-state index in [2.05, 4.69) is 24.5 Å². The second-order valence-electron chi connectivity index (χ2n) is 8.01. The third-order valence-electron chi connectivity index (χ3n) is 4.58. The number of esters is 1. The maximum atomic E-state index is 12.6. The molecule has 0 heterocycles. The Morgan fingerprint density at radius 3 is 2.42 bits per heavy atom. The highest BCUT2D eigenvalue weighted by Crippen LogP contribution is 2.23. The number of benzene rings is 1. The molecule has 1 aromatic carbocycles. The van der Waals surface area contributed by atoms with Crippen molar-refractivity contribution in [2.24, 2.45) is 5.92 Å². The minimum absolute atomic E-state index is 0.0332. The van der Waals surface area contributed by atoms with Crippen LogP contribution in [0.2, 0.25) is 0 Å². The average Bonchev–Trinajstić information content (AvgIpc) is 2.69. The number of aliphatic hydroxyl groups excluding tert-OH is 1. The Hall–Kier alpha value is -2.17. The Morgan fingerprint density at radius 1 is 1.16 bits per heavy atom. The van der Waals surface area contributed by atoms with Gasteiger partial charge in [0.25, 0.3) is 5.91 Å². The van der Waals surface area contributed by atoms with Gasteiger partial charge in [0, 0.05) is 32.4 Å². The molecule has 1 aromatic rings. The predicted molar refractivity (Wildman–Crippen MR) is 119 cm³/mol. The molecule has 0 saturated heterocycles. The van der Waals surface area contributed by atoms with E-state index in [0.29, 0.717) is 11.6 Å². The summed E-state index contributed by atoms with van der Waals surface area (Å²) in [6, 6.07) is 3.95. The normalized spacial score (nSPS) is 12.6. The number of sulfonamides is 1. The first-order chi connectivity index (χ1) is 14.5. The number of amides is 1. The van der Waals surface area contributed by atoms with Crippen molar-refractivity contribution in [1.82, 2.24) is 9.62 Å². The molecular formula is C21H35N3O6S. The molecule has 0 bridgehead atoms. The van der Waals surface area contributed by atoms with Crippen LogP contribution >= 0.6 is 0 Å². The predicted octanol–water partition coefficient (Wildman–Crippen LogP) is 1.83. The van der Waals surface area contributed by atoms with Crippen molar-refractivity contribution >= 4 is 27.6 Å². The van der Waals surface area contributed by atoms with E-state index in [1.54, 1.807) is 0 Å². The van der Waals surface area contributed by atoms with Crippen LogP contribution in [0, 0.1) is 5.92 Å². The summed E-state index contributed by atoms with van der Waals surface area (Å²) in [5.41, 5.74) is 0.272. The van der Waals surface area contributed by atoms with Gasteiger partial charge in [0.05, 0.1) is 17.1 Å². The second-order valence-corrected chi connectivity index (χ2v) is 10.2. The number of hydrogen-bond acceptors (Lipinski definition) is 7. The minimum Gasteiger partial charge on any atom is -0.452 e. The fourth-order valence-corrected chi connectivity index (χ4v) is 3.77. The van der Waals surface area contributed by atoms with Crippen LogP contribution in [0.4, 0.5) is 5.69 Å². The first kappa shape index (κ1) is 26.9. The SMILES string of the molecule is CC(C)CCCC(C)NC(=O)COC(=O)c1cc(S(=O)(=O)N(C)C)ccc1NCCO. The maximum absolute atomic E-state index is 12.6. The minimum atomic E-state index is -3.76. The molecule has 0 radical (unpaired) electrons. The monoisotopic (exact) mass is 457 g/mol. The fraction of sp³-hybridized carbons (Fsp3) is 0.619. The third-order valence-corrected chi connectivity index (χ3v) is 6.39. The highest BCUT2D eigenvalue weighted by molar-refractivity contribution is 7.89. The lowest BCUT2D eigenvalue weighted by molar-refractivity contribution is -0.124. The average molecular weight is 458 g/mol. The van der Waals surface area contributed by atoms with Crippen LogP contribution in [-0.4, -0.2) is 69.6 Å². The van der Waals surface area contributed by atoms with Gasteiger partial charge in [-0.3, -0.25) is 4.79 Å². The molecule has 0 aliphatic carbocycles. The summed E-state index contributed by atoms with van der Waals surface area (Å²) in [6.07, 6.45) is 2.90. The summed E-state index contributed by atoms with van der Waals surface area (Å²) < 4.78 is 30.9. The molecule has 0 spiro atoms. The van der Waals surface area contributed by atoms with E-state index in [0.717, 1.165) is 23.6 Å². The van der Waals surface area contributed by atoms with E-state index in [-0.39, 0.29) is 29.7 Å². The molecule has 1 unspecified atom stereocenters. The van der Waals surface area contributed by atoms with Gasteiger partial charge < -0.3 is 20.5 Å². The number of carbonyl (C=O) groups excluding carboxylic acids is 2. The molecule has 0 fully saturated rings. The summed E-state index contributed by atoms with van der Waals surface area (Å²) in [6.45, 7) is 5.69. The van der Waals surface area contributed by atoms with E-state index in [9.17, 15) is 18.0 Å². The Morgan fingerprint density at radius 2 is 1.84 bits per heavy atom. The van der Waals surface area contributed by atoms with Gasteiger partial charge in [-0.2, -0.15) is 0 Å². The van der Waals surface area contributed by atoms with Crippen molar-refractivity contribution in [1.29, 1.82) is 0 Å². The van der Waals surface area contributed by atoms with E-state index >= 15 is 0 Å². The summed E-state index contributed by atoms with van der Waals surface area (Å²) >= 11 is 0. The molecule has 31 heavy (non-hydrogen) atoms. The van der Waals surface area contributed by atoms with Crippen molar-refractivity contribution in [2.45, 2.75) is 51.0 Å². The van der Waals surface area contributed by atoms with Crippen LogP contribution in [0.1, 0.15) is 50.4 Å². The van der Waals surface area contributed by atoms with E-state index in [1.807, 2.05) is 6.92 Å². The Balaban J connectivity index is 2.84. The van der Waals surface area contributed by atoms with Crippen LogP contribution in [0.15, 0.2) is 23.1 Å². The van der Waals surface area contributed by atoms with Crippen molar-refractivity contribution in [3.05, 3.63) is 23.8 Å². The number of hydrogen-bond donors (Lipinski definition) is 3. The van der Waals surface area contributed by atoms with Gasteiger partial charge >= 0.3 is 5.97 Å². The first-order valence-corrected chi connectivity index (χ1v) is 11.8. The molecule has 10 heteroatoms. The van der Waals surface area contributed by atoms with Crippen molar-refractivity contribution in [2.75, 3.05) is 39.2 Å². The van der Waals surface area contributed by atoms with Gasteiger partial charge in [0.1, 0.15) is 0 Å². The highest BCUT2D eigenvalue weighted by atomic mass is 32.2. The summed E-state index contributed by atoms with van der Waals surface area (Å²) in [7, 11) is -0.990. The smallest absolute Gasteiger partial charge is 0.340 e. The summed E-state index contributed by atoms with van der Waals surface area (Å²) in [5, 5.41) is 14.7. The molecule has 1 rings (SSSR count). The largest absolute Gasteiger partial charge is 0.452 e. The van der Waals surface area contributed by atoms with Gasteiger partial charge in [-0.1, -0.05) is 26.7 Å². The maximum Gasteiger partial charge on any atom is 0.340 e. The molecule has 0 saturated carbocycles. The summed E-state index contributed by atoms with van der Waals surface area (Å²) in [4.78, 5) is 24.6. The molecule has 0 aromatic heterocycles. The summed E-state index contributed by atoms with van der Waals surface area (Å²) in [5.74, 6) is -0.657. The fourth-order valence-electron chi connectivity index (χ4n) is 2.84. The molecule has 0 aliphatic heterocycles. The molecule has 1 amide bonds.